The van der Waals surface area contributed by atoms with Crippen molar-refractivity contribution in [3.05, 3.63) is 60.8 Å². The van der Waals surface area contributed by atoms with Crippen LogP contribution in [-0.4, -0.2) is 89.2 Å². The van der Waals surface area contributed by atoms with E-state index in [2.05, 4.69) is 81.5 Å². The largest absolute Gasteiger partial charge is 0.479 e. The van der Waals surface area contributed by atoms with Gasteiger partial charge in [-0.15, -0.1) is 0 Å². The summed E-state index contributed by atoms with van der Waals surface area (Å²) in [6.07, 6.45) is 61.7. The lowest BCUT2D eigenvalue weighted by Crippen LogP contribution is -2.61. The lowest BCUT2D eigenvalue weighted by molar-refractivity contribution is -0.301. The molecule has 0 aromatic carbocycles. The van der Waals surface area contributed by atoms with Crippen molar-refractivity contribution >= 4 is 23.9 Å². The number of carbonyl (C=O) groups is 4. The number of allylic oxidation sites excluding steroid dienone is 10. The summed E-state index contributed by atoms with van der Waals surface area (Å²) >= 11 is 0. The van der Waals surface area contributed by atoms with Crippen molar-refractivity contribution in [3.63, 3.8) is 0 Å². The maximum atomic E-state index is 13.2. The van der Waals surface area contributed by atoms with E-state index in [-0.39, 0.29) is 25.9 Å². The van der Waals surface area contributed by atoms with Gasteiger partial charge < -0.3 is 39.0 Å². The second-order valence-electron chi connectivity index (χ2n) is 23.4. The highest BCUT2D eigenvalue weighted by Crippen LogP contribution is 2.27. The van der Waals surface area contributed by atoms with E-state index in [4.69, 9.17) is 23.7 Å². The zero-order chi connectivity index (χ0) is 60.3. The van der Waals surface area contributed by atoms with Crippen LogP contribution in [0, 0.1) is 0 Å². The summed E-state index contributed by atoms with van der Waals surface area (Å²) in [6.45, 7) is 5.92. The molecular weight excluding hydrogens is 1040 g/mol. The SMILES string of the molecule is CC/C=C\C/C=C\C/C=C\C/C=C\CCCCCCCCC(=O)OCC(COC1OC(C(=O)O)C(O)C(O)C1OC(=O)CCCCCCCCCCCCCCCCCCC)OC(=O)CCCCCCCCC/C=C\CCCCCCCC. The monoisotopic (exact) mass is 1170 g/mol. The summed E-state index contributed by atoms with van der Waals surface area (Å²) in [5, 5.41) is 31.6. The van der Waals surface area contributed by atoms with Crippen LogP contribution in [0.2, 0.25) is 0 Å². The number of hydrogen-bond acceptors (Lipinski definition) is 11. The first kappa shape index (κ1) is 77.4. The van der Waals surface area contributed by atoms with Crippen LogP contribution < -0.4 is 0 Å². The van der Waals surface area contributed by atoms with Gasteiger partial charge in [-0.25, -0.2) is 4.79 Å². The Hall–Kier alpha value is -3.58. The van der Waals surface area contributed by atoms with Crippen molar-refractivity contribution in [2.24, 2.45) is 0 Å². The Morgan fingerprint density at radius 3 is 1.17 bits per heavy atom. The minimum atomic E-state index is -1.90. The highest BCUT2D eigenvalue weighted by Gasteiger charge is 2.50. The molecule has 12 nitrogen and oxygen atoms in total. The molecule has 1 rings (SSSR count). The number of carboxylic acid groups (broad SMARTS) is 1. The van der Waals surface area contributed by atoms with E-state index in [0.29, 0.717) is 19.3 Å². The first-order chi connectivity index (χ1) is 40.6. The molecule has 0 aromatic heterocycles. The van der Waals surface area contributed by atoms with Crippen LogP contribution in [0.15, 0.2) is 60.8 Å². The molecule has 0 spiro atoms. The Morgan fingerprint density at radius 1 is 0.410 bits per heavy atom. The number of ether oxygens (including phenoxy) is 5. The summed E-state index contributed by atoms with van der Waals surface area (Å²) in [6, 6.07) is 0. The number of aliphatic hydroxyl groups excluding tert-OH is 2. The number of carboxylic acids is 1. The van der Waals surface area contributed by atoms with Crippen LogP contribution in [0.1, 0.15) is 316 Å². The van der Waals surface area contributed by atoms with Gasteiger partial charge >= 0.3 is 23.9 Å². The normalized spacial score (nSPS) is 17.9. The van der Waals surface area contributed by atoms with Gasteiger partial charge in [-0.1, -0.05) is 274 Å². The maximum Gasteiger partial charge on any atom is 0.335 e. The molecular formula is C71H124O12. The van der Waals surface area contributed by atoms with Crippen molar-refractivity contribution in [1.82, 2.24) is 0 Å². The van der Waals surface area contributed by atoms with E-state index < -0.39 is 67.3 Å². The van der Waals surface area contributed by atoms with Crippen LogP contribution in [0.3, 0.4) is 0 Å². The molecule has 12 heteroatoms. The number of aliphatic hydroxyl groups is 2. The predicted molar refractivity (Wildman–Crippen MR) is 340 cm³/mol. The average molecular weight is 1170 g/mol. The number of unbranched alkanes of at least 4 members (excludes halogenated alkanes) is 35. The minimum Gasteiger partial charge on any atom is -0.479 e. The molecule has 0 aliphatic carbocycles. The molecule has 1 saturated heterocycles. The molecule has 1 fully saturated rings. The van der Waals surface area contributed by atoms with Crippen LogP contribution >= 0.6 is 0 Å². The molecule has 3 N–H and O–H groups in total. The predicted octanol–water partition coefficient (Wildman–Crippen LogP) is 18.7. The number of rotatable bonds is 59. The number of esters is 3. The minimum absolute atomic E-state index is 0.0624. The Morgan fingerprint density at radius 2 is 0.759 bits per heavy atom. The van der Waals surface area contributed by atoms with Crippen molar-refractivity contribution in [1.29, 1.82) is 0 Å². The second-order valence-corrected chi connectivity index (χ2v) is 23.4. The molecule has 0 aromatic rings. The molecule has 0 saturated carbocycles. The molecule has 0 amide bonds. The van der Waals surface area contributed by atoms with Gasteiger partial charge in [0.15, 0.2) is 24.6 Å². The van der Waals surface area contributed by atoms with Gasteiger partial charge in [-0.2, -0.15) is 0 Å². The van der Waals surface area contributed by atoms with Gasteiger partial charge in [0.1, 0.15) is 18.8 Å². The van der Waals surface area contributed by atoms with Crippen molar-refractivity contribution < 1.29 is 58.2 Å². The molecule has 0 bridgehead atoms. The molecule has 480 valence electrons. The van der Waals surface area contributed by atoms with E-state index in [1.54, 1.807) is 0 Å². The first-order valence-corrected chi connectivity index (χ1v) is 34.3. The van der Waals surface area contributed by atoms with Gasteiger partial charge in [-0.05, 0) is 83.5 Å². The summed E-state index contributed by atoms with van der Waals surface area (Å²) < 4.78 is 28.6. The number of hydrogen-bond donors (Lipinski definition) is 3. The molecule has 1 heterocycles. The lowest BCUT2D eigenvalue weighted by atomic mass is 9.98. The third kappa shape index (κ3) is 48.3. The van der Waals surface area contributed by atoms with Crippen LogP contribution in [0.25, 0.3) is 0 Å². The van der Waals surface area contributed by atoms with Crippen LogP contribution in [0.4, 0.5) is 0 Å². The summed E-state index contributed by atoms with van der Waals surface area (Å²) in [7, 11) is 0. The van der Waals surface area contributed by atoms with E-state index in [1.165, 1.54) is 135 Å². The fourth-order valence-corrected chi connectivity index (χ4v) is 10.4. The average Bonchev–Trinajstić information content (AvgIpc) is 3.59. The molecule has 6 unspecified atom stereocenters. The quantitative estimate of drug-likeness (QED) is 0.0228. The number of aliphatic carboxylic acids is 1. The molecule has 1 aliphatic heterocycles. The van der Waals surface area contributed by atoms with E-state index in [9.17, 15) is 34.5 Å². The maximum absolute atomic E-state index is 13.2. The zero-order valence-corrected chi connectivity index (χ0v) is 53.2. The Balaban J connectivity index is 2.65. The Bertz CT molecular complexity index is 1670. The third-order valence-electron chi connectivity index (χ3n) is 15.6. The molecule has 83 heavy (non-hydrogen) atoms. The van der Waals surface area contributed by atoms with Crippen molar-refractivity contribution in [2.45, 2.75) is 353 Å². The van der Waals surface area contributed by atoms with Crippen LogP contribution in [-0.2, 0) is 42.9 Å². The molecule has 0 radical (unpaired) electrons. The summed E-state index contributed by atoms with van der Waals surface area (Å²) in [5.41, 5.74) is 0. The zero-order valence-electron chi connectivity index (χ0n) is 53.2. The lowest BCUT2D eigenvalue weighted by Gasteiger charge is -2.40. The van der Waals surface area contributed by atoms with E-state index in [1.807, 2.05) is 0 Å². The van der Waals surface area contributed by atoms with Gasteiger partial charge in [0.2, 0.25) is 0 Å². The Kier molecular flexibility index (Phi) is 54.8. The van der Waals surface area contributed by atoms with E-state index >= 15 is 0 Å². The fourth-order valence-electron chi connectivity index (χ4n) is 10.4. The second kappa shape index (κ2) is 58.8. The first-order valence-electron chi connectivity index (χ1n) is 34.3. The third-order valence-corrected chi connectivity index (χ3v) is 15.6. The van der Waals surface area contributed by atoms with Gasteiger partial charge in [0.25, 0.3) is 0 Å². The van der Waals surface area contributed by atoms with Crippen LogP contribution in [0.5, 0.6) is 0 Å². The number of carbonyl (C=O) groups excluding carboxylic acids is 3. The molecule has 6 atom stereocenters. The van der Waals surface area contributed by atoms with E-state index in [0.717, 1.165) is 122 Å². The van der Waals surface area contributed by atoms with Gasteiger partial charge in [0, 0.05) is 19.3 Å². The summed E-state index contributed by atoms with van der Waals surface area (Å²) in [5.74, 6) is -3.12. The molecule has 1 aliphatic rings. The topological polar surface area (TPSA) is 175 Å². The smallest absolute Gasteiger partial charge is 0.335 e. The van der Waals surface area contributed by atoms with Gasteiger partial charge in [0.05, 0.1) is 6.61 Å². The Labute approximate surface area is 506 Å². The summed E-state index contributed by atoms with van der Waals surface area (Å²) in [4.78, 5) is 51.4. The highest BCUT2D eigenvalue weighted by molar-refractivity contribution is 5.74. The van der Waals surface area contributed by atoms with Crippen molar-refractivity contribution in [3.8, 4) is 0 Å². The van der Waals surface area contributed by atoms with Gasteiger partial charge in [-0.3, -0.25) is 14.4 Å². The van der Waals surface area contributed by atoms with Crippen molar-refractivity contribution in [2.75, 3.05) is 13.2 Å². The fraction of sp³-hybridized carbons (Fsp3) is 0.803. The standard InChI is InChI=1S/C71H124O12/c1-4-7-10-13-16-19-22-25-28-31-32-35-36-39-42-45-48-51-54-57-63(72)79-60-62(81-64(73)58-55-52-49-46-43-40-37-33-29-26-23-20-17-14-11-8-5-2)61-80-71-69(67(76)66(75)68(83-71)70(77)78)82-65(74)59-56-53-50-47-44-41-38-34-30-27-24-21-18-15-12-9-6-3/h7,10,16,19,25-26,28-29,32,35,62,66-69,71,75-76H,4-6,8-9,11-15,17-18,20-24,27,30-31,33-34,36-61H2,1-3H3,(H,77,78)/b10-7-,19-16-,28-25-,29-26-,35-32-. The highest BCUT2D eigenvalue weighted by atomic mass is 16.7.